The molecule has 2 heterocycles. The normalized spacial score (nSPS) is 27.0. The van der Waals surface area contributed by atoms with Gasteiger partial charge in [-0.1, -0.05) is 25.4 Å². The molecule has 2 atom stereocenters. The van der Waals surface area contributed by atoms with E-state index < -0.39 is 0 Å². The Labute approximate surface area is 106 Å². The zero-order chi connectivity index (χ0) is 11.5. The Morgan fingerprint density at radius 3 is 2.94 bits per heavy atom. The van der Waals surface area contributed by atoms with Gasteiger partial charge in [0.25, 0.3) is 0 Å². The minimum atomic E-state index is 0.168. The molecule has 0 bridgehead atoms. The molecule has 0 aromatic carbocycles. The van der Waals surface area contributed by atoms with Crippen molar-refractivity contribution in [1.29, 1.82) is 0 Å². The van der Waals surface area contributed by atoms with Gasteiger partial charge in [0, 0.05) is 24.1 Å². The van der Waals surface area contributed by atoms with E-state index in [4.69, 9.17) is 16.3 Å². The maximum absolute atomic E-state index is 5.94. The van der Waals surface area contributed by atoms with Crippen molar-refractivity contribution in [2.75, 3.05) is 13.2 Å². The predicted molar refractivity (Wildman–Crippen MR) is 69.3 cm³/mol. The molecule has 0 aliphatic carbocycles. The van der Waals surface area contributed by atoms with Gasteiger partial charge in [-0.15, -0.1) is 11.3 Å². The first-order valence-electron chi connectivity index (χ1n) is 5.77. The van der Waals surface area contributed by atoms with Gasteiger partial charge in [0.05, 0.1) is 4.34 Å². The number of nitrogens with one attached hydrogen (secondary N) is 1. The summed E-state index contributed by atoms with van der Waals surface area (Å²) >= 11 is 7.56. The summed E-state index contributed by atoms with van der Waals surface area (Å²) in [6.45, 7) is 6.22. The molecule has 0 spiro atoms. The summed E-state index contributed by atoms with van der Waals surface area (Å²) in [6.07, 6.45) is 1.26. The third kappa shape index (κ3) is 2.98. The summed E-state index contributed by atoms with van der Waals surface area (Å²) in [6, 6.07) is 4.57. The number of thiophene rings is 1. The second kappa shape index (κ2) is 5.50. The van der Waals surface area contributed by atoms with Gasteiger partial charge in [-0.2, -0.15) is 0 Å². The smallest absolute Gasteiger partial charge is 0.104 e. The number of ether oxygens (including phenoxy) is 1. The molecule has 4 heteroatoms. The standard InChI is InChI=1S/C12H18ClNOS/c1-8(2)9-5-6-15-10(7-14-9)11-3-4-12(13)16-11/h3-4,8-10,14H,5-7H2,1-2H3. The molecule has 0 amide bonds. The zero-order valence-corrected chi connectivity index (χ0v) is 11.3. The van der Waals surface area contributed by atoms with Gasteiger partial charge in [-0.3, -0.25) is 0 Å². The molecule has 16 heavy (non-hydrogen) atoms. The van der Waals surface area contributed by atoms with E-state index in [9.17, 15) is 0 Å². The predicted octanol–water partition coefficient (Wildman–Crippen LogP) is 3.48. The number of hydrogen-bond donors (Lipinski definition) is 1. The van der Waals surface area contributed by atoms with Crippen molar-refractivity contribution in [1.82, 2.24) is 5.32 Å². The Bertz CT molecular complexity index is 340. The fourth-order valence-electron chi connectivity index (χ4n) is 2.01. The minimum Gasteiger partial charge on any atom is -0.371 e. The summed E-state index contributed by atoms with van der Waals surface area (Å²) in [5.74, 6) is 0.661. The second-order valence-corrected chi connectivity index (χ2v) is 6.30. The van der Waals surface area contributed by atoms with E-state index in [1.54, 1.807) is 11.3 Å². The lowest BCUT2D eigenvalue weighted by Gasteiger charge is -2.19. The van der Waals surface area contributed by atoms with E-state index in [0.717, 1.165) is 23.9 Å². The summed E-state index contributed by atoms with van der Waals surface area (Å²) in [5.41, 5.74) is 0. The van der Waals surface area contributed by atoms with E-state index in [2.05, 4.69) is 25.2 Å². The van der Waals surface area contributed by atoms with Crippen molar-refractivity contribution in [3.05, 3.63) is 21.3 Å². The van der Waals surface area contributed by atoms with E-state index in [1.165, 1.54) is 4.88 Å². The Hall–Kier alpha value is -0.0900. The highest BCUT2D eigenvalue weighted by molar-refractivity contribution is 7.16. The van der Waals surface area contributed by atoms with Crippen LogP contribution >= 0.6 is 22.9 Å². The molecular formula is C12H18ClNOS. The molecule has 0 saturated carbocycles. The molecule has 1 aromatic rings. The maximum Gasteiger partial charge on any atom is 0.104 e. The highest BCUT2D eigenvalue weighted by atomic mass is 35.5. The quantitative estimate of drug-likeness (QED) is 0.878. The van der Waals surface area contributed by atoms with E-state index in [1.807, 2.05) is 6.07 Å². The van der Waals surface area contributed by atoms with Crippen LogP contribution in [0.5, 0.6) is 0 Å². The van der Waals surface area contributed by atoms with Crippen molar-refractivity contribution in [2.45, 2.75) is 32.4 Å². The van der Waals surface area contributed by atoms with Gasteiger partial charge in [0.15, 0.2) is 0 Å². The van der Waals surface area contributed by atoms with E-state index in [0.29, 0.717) is 12.0 Å². The van der Waals surface area contributed by atoms with Crippen LogP contribution in [0.15, 0.2) is 12.1 Å². The fourth-order valence-corrected chi connectivity index (χ4v) is 3.12. The number of halogens is 1. The lowest BCUT2D eigenvalue weighted by molar-refractivity contribution is 0.0685. The second-order valence-electron chi connectivity index (χ2n) is 4.55. The lowest BCUT2D eigenvalue weighted by atomic mass is 10.0. The van der Waals surface area contributed by atoms with Gasteiger partial charge in [0.1, 0.15) is 6.10 Å². The Morgan fingerprint density at radius 2 is 2.31 bits per heavy atom. The van der Waals surface area contributed by atoms with Crippen LogP contribution in [0.1, 0.15) is 31.2 Å². The molecule has 1 aliphatic heterocycles. The van der Waals surface area contributed by atoms with Gasteiger partial charge < -0.3 is 10.1 Å². The lowest BCUT2D eigenvalue weighted by Crippen LogP contribution is -2.34. The van der Waals surface area contributed by atoms with Crippen LogP contribution in [0, 0.1) is 5.92 Å². The van der Waals surface area contributed by atoms with Crippen LogP contribution in [0.4, 0.5) is 0 Å². The molecule has 2 rings (SSSR count). The van der Waals surface area contributed by atoms with Crippen LogP contribution in [-0.2, 0) is 4.74 Å². The molecule has 1 fully saturated rings. The summed E-state index contributed by atoms with van der Waals surface area (Å²) in [5, 5.41) is 3.58. The number of rotatable bonds is 2. The summed E-state index contributed by atoms with van der Waals surface area (Å²) in [4.78, 5) is 1.22. The van der Waals surface area contributed by atoms with E-state index >= 15 is 0 Å². The van der Waals surface area contributed by atoms with Crippen molar-refractivity contribution >= 4 is 22.9 Å². The highest BCUT2D eigenvalue weighted by Gasteiger charge is 2.22. The van der Waals surface area contributed by atoms with Crippen molar-refractivity contribution < 1.29 is 4.74 Å². The first-order chi connectivity index (χ1) is 7.66. The first kappa shape index (κ1) is 12.4. The van der Waals surface area contributed by atoms with E-state index in [-0.39, 0.29) is 6.10 Å². The largest absolute Gasteiger partial charge is 0.371 e. The van der Waals surface area contributed by atoms with Crippen molar-refractivity contribution in [3.63, 3.8) is 0 Å². The van der Waals surface area contributed by atoms with Gasteiger partial charge >= 0.3 is 0 Å². The maximum atomic E-state index is 5.94. The number of hydrogen-bond acceptors (Lipinski definition) is 3. The topological polar surface area (TPSA) is 21.3 Å². The van der Waals surface area contributed by atoms with Crippen LogP contribution in [0.25, 0.3) is 0 Å². The molecule has 90 valence electrons. The SMILES string of the molecule is CC(C)C1CCOC(c2ccc(Cl)s2)CN1. The monoisotopic (exact) mass is 259 g/mol. The van der Waals surface area contributed by atoms with Gasteiger partial charge in [0.2, 0.25) is 0 Å². The molecule has 1 aromatic heterocycles. The Kier molecular flexibility index (Phi) is 4.25. The molecule has 1 N–H and O–H groups in total. The van der Waals surface area contributed by atoms with Crippen molar-refractivity contribution in [3.8, 4) is 0 Å². The van der Waals surface area contributed by atoms with Crippen LogP contribution in [-0.4, -0.2) is 19.2 Å². The average molecular weight is 260 g/mol. The third-order valence-electron chi connectivity index (χ3n) is 3.03. The molecule has 1 aliphatic rings. The molecular weight excluding hydrogens is 242 g/mol. The summed E-state index contributed by atoms with van der Waals surface area (Å²) in [7, 11) is 0. The molecule has 1 saturated heterocycles. The fraction of sp³-hybridized carbons (Fsp3) is 0.667. The van der Waals surface area contributed by atoms with Gasteiger partial charge in [-0.05, 0) is 24.5 Å². The van der Waals surface area contributed by atoms with Crippen LogP contribution < -0.4 is 5.32 Å². The molecule has 2 unspecified atom stereocenters. The summed E-state index contributed by atoms with van der Waals surface area (Å²) < 4.78 is 6.71. The third-order valence-corrected chi connectivity index (χ3v) is 4.35. The van der Waals surface area contributed by atoms with Crippen LogP contribution in [0.2, 0.25) is 4.34 Å². The zero-order valence-electron chi connectivity index (χ0n) is 9.70. The average Bonchev–Trinajstić information content (AvgIpc) is 2.54. The first-order valence-corrected chi connectivity index (χ1v) is 6.96. The van der Waals surface area contributed by atoms with Crippen molar-refractivity contribution in [2.24, 2.45) is 5.92 Å². The minimum absolute atomic E-state index is 0.168. The molecule has 0 radical (unpaired) electrons. The Morgan fingerprint density at radius 1 is 1.50 bits per heavy atom. The van der Waals surface area contributed by atoms with Crippen LogP contribution in [0.3, 0.4) is 0 Å². The Balaban J connectivity index is 1.98. The highest BCUT2D eigenvalue weighted by Crippen LogP contribution is 2.30. The molecule has 2 nitrogen and oxygen atoms in total. The van der Waals surface area contributed by atoms with Gasteiger partial charge in [-0.25, -0.2) is 0 Å².